The van der Waals surface area contributed by atoms with Crippen LogP contribution in [0.4, 0.5) is 0 Å². The predicted molar refractivity (Wildman–Crippen MR) is 76.4 cm³/mol. The zero-order valence-corrected chi connectivity index (χ0v) is 11.7. The number of amides is 1. The molecule has 3 aliphatic rings. The van der Waals surface area contributed by atoms with Crippen LogP contribution in [0.2, 0.25) is 0 Å². The summed E-state index contributed by atoms with van der Waals surface area (Å²) >= 11 is 5.81. The number of rotatable bonds is 3. The summed E-state index contributed by atoms with van der Waals surface area (Å²) in [7, 11) is 0. The van der Waals surface area contributed by atoms with Crippen LogP contribution < -0.4 is 5.32 Å². The fourth-order valence-corrected chi connectivity index (χ4v) is 3.34. The van der Waals surface area contributed by atoms with E-state index in [0.29, 0.717) is 17.8 Å². The highest BCUT2D eigenvalue weighted by Crippen LogP contribution is 2.27. The second-order valence-electron chi connectivity index (χ2n) is 5.55. The topological polar surface area (TPSA) is 32.3 Å². The Morgan fingerprint density at radius 1 is 1.37 bits per heavy atom. The lowest BCUT2D eigenvalue weighted by molar-refractivity contribution is 0.0620. The van der Waals surface area contributed by atoms with Gasteiger partial charge < -0.3 is 10.2 Å². The summed E-state index contributed by atoms with van der Waals surface area (Å²) in [4.78, 5) is 14.7. The van der Waals surface area contributed by atoms with Crippen molar-refractivity contribution in [2.24, 2.45) is 5.92 Å². The molecule has 1 aromatic rings. The first-order valence-electron chi connectivity index (χ1n) is 6.94. The van der Waals surface area contributed by atoms with E-state index in [4.69, 9.17) is 11.6 Å². The lowest BCUT2D eigenvalue weighted by Crippen LogP contribution is -2.57. The summed E-state index contributed by atoms with van der Waals surface area (Å²) in [5.41, 5.74) is 1.71. The lowest BCUT2D eigenvalue weighted by atomic mass is 9.84. The molecule has 1 aromatic carbocycles. The third-order valence-corrected chi connectivity index (χ3v) is 4.62. The van der Waals surface area contributed by atoms with Crippen LogP contribution in [0.1, 0.15) is 28.8 Å². The summed E-state index contributed by atoms with van der Waals surface area (Å²) in [6.45, 7) is 3.39. The Balaban J connectivity index is 1.67. The normalized spacial score (nSPS) is 29.2. The van der Waals surface area contributed by atoms with E-state index >= 15 is 0 Å². The Hall–Kier alpha value is -1.06. The molecule has 0 spiro atoms. The summed E-state index contributed by atoms with van der Waals surface area (Å²) in [6, 6.07) is 7.88. The molecule has 3 saturated heterocycles. The van der Waals surface area contributed by atoms with Crippen molar-refractivity contribution >= 4 is 17.5 Å². The van der Waals surface area contributed by atoms with Gasteiger partial charge in [0.1, 0.15) is 0 Å². The maximum absolute atomic E-state index is 12.3. The number of halogens is 1. The quantitative estimate of drug-likeness (QED) is 0.860. The average Bonchev–Trinajstić information content (AvgIpc) is 2.48. The van der Waals surface area contributed by atoms with Gasteiger partial charge in [-0.15, -0.1) is 11.6 Å². The number of carbonyl (C=O) groups is 1. The number of fused-ring (bicyclic) bond motifs is 3. The molecule has 19 heavy (non-hydrogen) atoms. The first kappa shape index (κ1) is 12.9. The molecular weight excluding hydrogens is 260 g/mol. The highest BCUT2D eigenvalue weighted by molar-refractivity contribution is 6.17. The van der Waals surface area contributed by atoms with Gasteiger partial charge in [0.05, 0.1) is 0 Å². The number of nitrogens with one attached hydrogen (secondary N) is 1. The van der Waals surface area contributed by atoms with Crippen molar-refractivity contribution < 1.29 is 4.79 Å². The standard InChI is InChI=1S/C15H19ClN2O/c16-9-11-2-1-3-13(8-11)15(19)17-14-10-18-6-4-12(14)5-7-18/h1-3,8,12,14H,4-7,9-10H2,(H,17,19). The molecule has 1 amide bonds. The molecule has 0 saturated carbocycles. The van der Waals surface area contributed by atoms with Crippen molar-refractivity contribution in [2.45, 2.75) is 24.8 Å². The molecular formula is C15H19ClN2O. The summed E-state index contributed by atoms with van der Waals surface area (Å²) in [5.74, 6) is 1.14. The molecule has 4 heteroatoms. The monoisotopic (exact) mass is 278 g/mol. The fraction of sp³-hybridized carbons (Fsp3) is 0.533. The highest BCUT2D eigenvalue weighted by Gasteiger charge is 2.34. The Labute approximate surface area is 118 Å². The molecule has 0 aliphatic carbocycles. The molecule has 0 radical (unpaired) electrons. The van der Waals surface area contributed by atoms with Crippen LogP contribution in [0.3, 0.4) is 0 Å². The lowest BCUT2D eigenvalue weighted by Gasteiger charge is -2.44. The Bertz CT molecular complexity index is 469. The van der Waals surface area contributed by atoms with Crippen molar-refractivity contribution in [1.82, 2.24) is 10.2 Å². The number of alkyl halides is 1. The highest BCUT2D eigenvalue weighted by atomic mass is 35.5. The molecule has 102 valence electrons. The largest absolute Gasteiger partial charge is 0.348 e. The van der Waals surface area contributed by atoms with Crippen LogP contribution in [-0.4, -0.2) is 36.5 Å². The van der Waals surface area contributed by atoms with Gasteiger partial charge >= 0.3 is 0 Å². The van der Waals surface area contributed by atoms with E-state index in [2.05, 4.69) is 10.2 Å². The average molecular weight is 279 g/mol. The van der Waals surface area contributed by atoms with E-state index in [0.717, 1.165) is 17.7 Å². The van der Waals surface area contributed by atoms with Crippen molar-refractivity contribution in [3.8, 4) is 0 Å². The fourth-order valence-electron chi connectivity index (χ4n) is 3.18. The summed E-state index contributed by atoms with van der Waals surface area (Å²) in [6.07, 6.45) is 2.43. The van der Waals surface area contributed by atoms with Gasteiger partial charge in [0, 0.05) is 24.0 Å². The van der Waals surface area contributed by atoms with Crippen molar-refractivity contribution in [2.75, 3.05) is 19.6 Å². The van der Waals surface area contributed by atoms with Gasteiger partial charge in [-0.1, -0.05) is 12.1 Å². The number of hydrogen-bond donors (Lipinski definition) is 1. The second-order valence-corrected chi connectivity index (χ2v) is 5.82. The van der Waals surface area contributed by atoms with Crippen LogP contribution in [0.15, 0.2) is 24.3 Å². The van der Waals surface area contributed by atoms with Crippen molar-refractivity contribution in [3.63, 3.8) is 0 Å². The van der Waals surface area contributed by atoms with Gasteiger partial charge in [0.25, 0.3) is 5.91 Å². The number of hydrogen-bond acceptors (Lipinski definition) is 2. The smallest absolute Gasteiger partial charge is 0.251 e. The van der Waals surface area contributed by atoms with Gasteiger partial charge in [-0.25, -0.2) is 0 Å². The number of piperidine rings is 3. The summed E-state index contributed by atoms with van der Waals surface area (Å²) < 4.78 is 0. The van der Waals surface area contributed by atoms with Crippen LogP contribution in [0.5, 0.6) is 0 Å². The maximum Gasteiger partial charge on any atom is 0.251 e. The molecule has 1 unspecified atom stereocenters. The molecule has 4 rings (SSSR count). The third-order valence-electron chi connectivity index (χ3n) is 4.32. The minimum absolute atomic E-state index is 0.0331. The molecule has 3 heterocycles. The molecule has 1 N–H and O–H groups in total. The van der Waals surface area contributed by atoms with Crippen molar-refractivity contribution in [3.05, 3.63) is 35.4 Å². The molecule has 2 bridgehead atoms. The second kappa shape index (κ2) is 5.51. The zero-order chi connectivity index (χ0) is 13.2. The van der Waals surface area contributed by atoms with E-state index in [9.17, 15) is 4.79 Å². The number of benzene rings is 1. The van der Waals surface area contributed by atoms with Gasteiger partial charge in [0.15, 0.2) is 0 Å². The van der Waals surface area contributed by atoms with E-state index in [1.165, 1.54) is 25.9 Å². The van der Waals surface area contributed by atoms with E-state index in [1.807, 2.05) is 24.3 Å². The molecule has 3 aliphatic heterocycles. The number of nitrogens with zero attached hydrogens (tertiary/aromatic N) is 1. The first-order chi connectivity index (χ1) is 9.26. The van der Waals surface area contributed by atoms with Gasteiger partial charge in [0.2, 0.25) is 0 Å². The third kappa shape index (κ3) is 2.77. The Morgan fingerprint density at radius 3 is 2.79 bits per heavy atom. The molecule has 3 nitrogen and oxygen atoms in total. The van der Waals surface area contributed by atoms with Crippen LogP contribution in [0.25, 0.3) is 0 Å². The molecule has 3 fully saturated rings. The van der Waals surface area contributed by atoms with Gasteiger partial charge in [-0.05, 0) is 49.5 Å². The Morgan fingerprint density at radius 2 is 2.16 bits per heavy atom. The van der Waals surface area contributed by atoms with E-state index in [1.54, 1.807) is 0 Å². The van der Waals surface area contributed by atoms with E-state index < -0.39 is 0 Å². The SMILES string of the molecule is O=C(NC1CN2CCC1CC2)c1cccc(CCl)c1. The Kier molecular flexibility index (Phi) is 3.76. The minimum atomic E-state index is 0.0331. The minimum Gasteiger partial charge on any atom is -0.348 e. The van der Waals surface area contributed by atoms with Crippen LogP contribution in [-0.2, 0) is 5.88 Å². The maximum atomic E-state index is 12.3. The molecule has 1 atom stereocenters. The van der Waals surface area contributed by atoms with Crippen molar-refractivity contribution in [1.29, 1.82) is 0 Å². The first-order valence-corrected chi connectivity index (χ1v) is 7.48. The van der Waals surface area contributed by atoms with Crippen LogP contribution in [0, 0.1) is 5.92 Å². The summed E-state index contributed by atoms with van der Waals surface area (Å²) in [5, 5.41) is 3.19. The van der Waals surface area contributed by atoms with Gasteiger partial charge in [-0.3, -0.25) is 4.79 Å². The molecule has 0 aromatic heterocycles. The number of carbonyl (C=O) groups excluding carboxylic acids is 1. The van der Waals surface area contributed by atoms with Gasteiger partial charge in [-0.2, -0.15) is 0 Å². The van der Waals surface area contributed by atoms with Crippen LogP contribution >= 0.6 is 11.6 Å². The van der Waals surface area contributed by atoms with E-state index in [-0.39, 0.29) is 5.91 Å². The zero-order valence-electron chi connectivity index (χ0n) is 10.9. The predicted octanol–water partition coefficient (Wildman–Crippen LogP) is 2.25.